The van der Waals surface area contributed by atoms with Crippen LogP contribution in [0, 0.1) is 5.92 Å². The fourth-order valence-electron chi connectivity index (χ4n) is 4.87. The molecule has 0 unspecified atom stereocenters. The van der Waals surface area contributed by atoms with Gasteiger partial charge in [0.1, 0.15) is 0 Å². The summed E-state index contributed by atoms with van der Waals surface area (Å²) in [5.74, 6) is 0.341. The summed E-state index contributed by atoms with van der Waals surface area (Å²) in [6.45, 7) is 3.57. The molecule has 0 aliphatic carbocycles. The van der Waals surface area contributed by atoms with E-state index >= 15 is 0 Å². The van der Waals surface area contributed by atoms with Crippen molar-refractivity contribution < 1.29 is 14.3 Å². The van der Waals surface area contributed by atoms with Gasteiger partial charge in [-0.05, 0) is 49.1 Å². The van der Waals surface area contributed by atoms with Gasteiger partial charge in [-0.25, -0.2) is 9.50 Å². The largest absolute Gasteiger partial charge is 0.381 e. The molecule has 1 atom stereocenters. The average Bonchev–Trinajstić information content (AvgIpc) is 3.17. The van der Waals surface area contributed by atoms with Crippen LogP contribution in [0.5, 0.6) is 0 Å². The average molecular weight is 455 g/mol. The SMILES string of the molecule is O=C(N1CCOC[C@@H](Cc2ccc3nccn3n2)C1)C1(c2ccc(Cl)cc2)CCOCC1. The van der Waals surface area contributed by atoms with Crippen molar-refractivity contribution in [2.75, 3.05) is 39.5 Å². The van der Waals surface area contributed by atoms with E-state index in [1.807, 2.05) is 47.5 Å². The van der Waals surface area contributed by atoms with Crippen molar-refractivity contribution >= 4 is 23.2 Å². The zero-order valence-corrected chi connectivity index (χ0v) is 18.7. The first kappa shape index (κ1) is 21.4. The minimum Gasteiger partial charge on any atom is -0.381 e. The van der Waals surface area contributed by atoms with Gasteiger partial charge < -0.3 is 14.4 Å². The highest BCUT2D eigenvalue weighted by atomic mass is 35.5. The predicted octanol–water partition coefficient (Wildman–Crippen LogP) is 3.15. The van der Waals surface area contributed by atoms with Crippen LogP contribution in [0.1, 0.15) is 24.1 Å². The Morgan fingerprint density at radius 1 is 1.09 bits per heavy atom. The molecule has 0 radical (unpaired) electrons. The van der Waals surface area contributed by atoms with Crippen LogP contribution in [0.2, 0.25) is 5.02 Å². The topological polar surface area (TPSA) is 69.0 Å². The Morgan fingerprint density at radius 2 is 1.91 bits per heavy atom. The molecule has 8 heteroatoms. The Kier molecular flexibility index (Phi) is 6.13. The van der Waals surface area contributed by atoms with Gasteiger partial charge >= 0.3 is 0 Å². The summed E-state index contributed by atoms with van der Waals surface area (Å²) < 4.78 is 13.3. The number of imidazole rings is 1. The Balaban J connectivity index is 1.37. The van der Waals surface area contributed by atoms with Gasteiger partial charge in [0.05, 0.1) is 24.3 Å². The van der Waals surface area contributed by atoms with Gasteiger partial charge in [0.15, 0.2) is 5.65 Å². The summed E-state index contributed by atoms with van der Waals surface area (Å²) in [5, 5.41) is 5.33. The molecular weight excluding hydrogens is 428 g/mol. The van der Waals surface area contributed by atoms with Gasteiger partial charge in [0.2, 0.25) is 5.91 Å². The minimum atomic E-state index is -0.578. The standard InChI is InChI=1S/C24H27ClN4O3/c25-20-3-1-19(2-4-20)24(7-12-31-13-8-24)23(30)28-11-14-32-17-18(16-28)15-21-5-6-22-26-9-10-29(22)27-21/h1-6,9-10,18H,7-8,11-17H2/t18-/m0/s1. The van der Waals surface area contributed by atoms with Crippen molar-refractivity contribution in [1.82, 2.24) is 19.5 Å². The van der Waals surface area contributed by atoms with Crippen LogP contribution in [0.3, 0.4) is 0 Å². The van der Waals surface area contributed by atoms with Crippen molar-refractivity contribution in [3.05, 3.63) is 65.1 Å². The van der Waals surface area contributed by atoms with Gasteiger partial charge in [-0.15, -0.1) is 0 Å². The van der Waals surface area contributed by atoms with E-state index in [9.17, 15) is 4.79 Å². The number of carbonyl (C=O) groups excluding carboxylic acids is 1. The van der Waals surface area contributed by atoms with Crippen molar-refractivity contribution in [3.63, 3.8) is 0 Å². The van der Waals surface area contributed by atoms with Crippen LogP contribution in [-0.4, -0.2) is 64.9 Å². The fourth-order valence-corrected chi connectivity index (χ4v) is 4.99. The monoisotopic (exact) mass is 454 g/mol. The molecule has 5 rings (SSSR count). The van der Waals surface area contributed by atoms with E-state index in [-0.39, 0.29) is 11.8 Å². The van der Waals surface area contributed by atoms with Crippen LogP contribution in [-0.2, 0) is 26.1 Å². The molecule has 0 spiro atoms. The van der Waals surface area contributed by atoms with E-state index in [2.05, 4.69) is 10.1 Å². The van der Waals surface area contributed by atoms with E-state index in [0.717, 1.165) is 23.3 Å². The first-order chi connectivity index (χ1) is 15.6. The normalized spacial score (nSPS) is 21.4. The lowest BCUT2D eigenvalue weighted by Crippen LogP contribution is -2.51. The highest BCUT2D eigenvalue weighted by Crippen LogP contribution is 2.38. The Bertz CT molecular complexity index is 1080. The number of benzene rings is 1. The lowest BCUT2D eigenvalue weighted by Gasteiger charge is -2.40. The molecule has 2 fully saturated rings. The number of nitrogens with zero attached hydrogens (tertiary/aromatic N) is 4. The first-order valence-electron chi connectivity index (χ1n) is 11.1. The minimum absolute atomic E-state index is 0.164. The van der Waals surface area contributed by atoms with Crippen molar-refractivity contribution in [2.24, 2.45) is 5.92 Å². The molecule has 0 bridgehead atoms. The molecular formula is C24H27ClN4O3. The second-order valence-corrected chi connectivity index (χ2v) is 9.09. The van der Waals surface area contributed by atoms with Crippen molar-refractivity contribution in [3.8, 4) is 0 Å². The number of hydrogen-bond donors (Lipinski definition) is 0. The number of ether oxygens (including phenoxy) is 2. The van der Waals surface area contributed by atoms with E-state index < -0.39 is 5.41 Å². The first-order valence-corrected chi connectivity index (χ1v) is 11.5. The predicted molar refractivity (Wildman–Crippen MR) is 121 cm³/mol. The van der Waals surface area contributed by atoms with Crippen LogP contribution in [0.25, 0.3) is 5.65 Å². The zero-order chi connectivity index (χ0) is 22.0. The number of aromatic nitrogens is 3. The van der Waals surface area contributed by atoms with E-state index in [4.69, 9.17) is 21.1 Å². The van der Waals surface area contributed by atoms with Crippen LogP contribution >= 0.6 is 11.6 Å². The van der Waals surface area contributed by atoms with Gasteiger partial charge in [0.25, 0.3) is 0 Å². The Morgan fingerprint density at radius 3 is 2.72 bits per heavy atom. The number of halogens is 1. The second-order valence-electron chi connectivity index (χ2n) is 8.65. The van der Waals surface area contributed by atoms with Gasteiger partial charge in [-0.2, -0.15) is 5.10 Å². The summed E-state index contributed by atoms with van der Waals surface area (Å²) in [4.78, 5) is 20.3. The summed E-state index contributed by atoms with van der Waals surface area (Å²) in [5.41, 5.74) is 2.24. The fraction of sp³-hybridized carbons (Fsp3) is 0.458. The molecule has 2 aliphatic heterocycles. The molecule has 0 saturated carbocycles. The maximum atomic E-state index is 14.0. The second kappa shape index (κ2) is 9.17. The van der Waals surface area contributed by atoms with E-state index in [0.29, 0.717) is 57.4 Å². The maximum absolute atomic E-state index is 14.0. The molecule has 1 aromatic carbocycles. The van der Waals surface area contributed by atoms with E-state index in [1.165, 1.54) is 0 Å². The molecule has 32 heavy (non-hydrogen) atoms. The summed E-state index contributed by atoms with van der Waals surface area (Å²) in [6.07, 6.45) is 5.68. The third-order valence-electron chi connectivity index (χ3n) is 6.59. The van der Waals surface area contributed by atoms with Gasteiger partial charge in [-0.3, -0.25) is 4.79 Å². The number of amides is 1. The third kappa shape index (κ3) is 4.25. The van der Waals surface area contributed by atoms with Crippen molar-refractivity contribution in [1.29, 1.82) is 0 Å². The molecule has 2 saturated heterocycles. The van der Waals surface area contributed by atoms with Gasteiger partial charge in [-0.1, -0.05) is 23.7 Å². The van der Waals surface area contributed by atoms with Gasteiger partial charge in [0, 0.05) is 49.6 Å². The molecule has 3 aromatic rings. The zero-order valence-electron chi connectivity index (χ0n) is 18.0. The maximum Gasteiger partial charge on any atom is 0.233 e. The highest BCUT2D eigenvalue weighted by molar-refractivity contribution is 6.30. The number of hydrogen-bond acceptors (Lipinski definition) is 5. The van der Waals surface area contributed by atoms with Crippen LogP contribution < -0.4 is 0 Å². The molecule has 1 amide bonds. The summed E-state index contributed by atoms with van der Waals surface area (Å²) >= 11 is 6.12. The smallest absolute Gasteiger partial charge is 0.233 e. The molecule has 0 N–H and O–H groups in total. The molecule has 2 aliphatic rings. The highest BCUT2D eigenvalue weighted by Gasteiger charge is 2.44. The van der Waals surface area contributed by atoms with Crippen LogP contribution in [0.4, 0.5) is 0 Å². The molecule has 168 valence electrons. The lowest BCUT2D eigenvalue weighted by molar-refractivity contribution is -0.141. The molecule has 4 heterocycles. The quantitative estimate of drug-likeness (QED) is 0.605. The molecule has 2 aromatic heterocycles. The Hall–Kier alpha value is -2.48. The number of carbonyl (C=O) groups is 1. The number of fused-ring (bicyclic) bond motifs is 1. The van der Waals surface area contributed by atoms with E-state index in [1.54, 1.807) is 10.7 Å². The number of rotatable bonds is 4. The lowest BCUT2D eigenvalue weighted by atomic mass is 9.73. The van der Waals surface area contributed by atoms with Crippen molar-refractivity contribution in [2.45, 2.75) is 24.7 Å². The van der Waals surface area contributed by atoms with Crippen LogP contribution in [0.15, 0.2) is 48.8 Å². The summed E-state index contributed by atoms with van der Waals surface area (Å²) in [6, 6.07) is 11.7. The summed E-state index contributed by atoms with van der Waals surface area (Å²) in [7, 11) is 0. The molecule has 7 nitrogen and oxygen atoms in total. The third-order valence-corrected chi connectivity index (χ3v) is 6.84. The Labute approximate surface area is 192 Å².